The topological polar surface area (TPSA) is 75.0 Å². The molecule has 6 rings (SSSR count). The molecule has 198 valence electrons. The van der Waals surface area contributed by atoms with Gasteiger partial charge in [0.1, 0.15) is 17.3 Å². The van der Waals surface area contributed by atoms with E-state index >= 15 is 0 Å². The number of anilines is 2. The zero-order valence-corrected chi connectivity index (χ0v) is 22.3. The number of para-hydroxylation sites is 1. The Hall–Kier alpha value is -3.99. The number of halogens is 2. The van der Waals surface area contributed by atoms with Crippen LogP contribution in [0.5, 0.6) is 11.5 Å². The van der Waals surface area contributed by atoms with Crippen LogP contribution in [0.3, 0.4) is 0 Å². The zero-order valence-electron chi connectivity index (χ0n) is 20.8. The standard InChI is InChI=1S/C28H24ClFN6O2S/c29-23-3-1-2-4-25(23)38-22-11-9-21(10-12-22)31-26(37)18-34-13-15-35(16-14-34)28-33-36-17-24(32-27(36)39-28)19-5-7-20(30)8-6-19/h1-12,17H,13-16,18H2,(H,31,37). The van der Waals surface area contributed by atoms with Gasteiger partial charge in [-0.05, 0) is 60.7 Å². The van der Waals surface area contributed by atoms with Crippen molar-refractivity contribution in [2.75, 3.05) is 42.9 Å². The number of benzene rings is 3. The highest BCUT2D eigenvalue weighted by molar-refractivity contribution is 7.20. The van der Waals surface area contributed by atoms with E-state index in [1.165, 1.54) is 23.5 Å². The van der Waals surface area contributed by atoms with Crippen LogP contribution < -0.4 is 15.0 Å². The number of carbonyl (C=O) groups is 1. The normalized spacial score (nSPS) is 14.1. The molecule has 8 nitrogen and oxygen atoms in total. The number of nitrogens with zero attached hydrogens (tertiary/aromatic N) is 5. The van der Waals surface area contributed by atoms with Crippen LogP contribution in [0.15, 0.2) is 79.0 Å². The summed E-state index contributed by atoms with van der Waals surface area (Å²) in [5.74, 6) is 0.880. The number of fused-ring (bicyclic) bond motifs is 1. The Morgan fingerprint density at radius 1 is 1.00 bits per heavy atom. The third-order valence-corrected chi connectivity index (χ3v) is 7.68. The molecule has 11 heteroatoms. The molecule has 1 saturated heterocycles. The summed E-state index contributed by atoms with van der Waals surface area (Å²) >= 11 is 7.67. The zero-order chi connectivity index (χ0) is 26.8. The van der Waals surface area contributed by atoms with Gasteiger partial charge in [0.15, 0.2) is 0 Å². The molecule has 5 aromatic rings. The first-order valence-corrected chi connectivity index (χ1v) is 13.6. The van der Waals surface area contributed by atoms with Gasteiger partial charge in [-0.3, -0.25) is 9.69 Å². The molecule has 0 atom stereocenters. The summed E-state index contributed by atoms with van der Waals surface area (Å²) in [6.07, 6.45) is 1.86. The van der Waals surface area contributed by atoms with E-state index in [-0.39, 0.29) is 11.7 Å². The van der Waals surface area contributed by atoms with Crippen LogP contribution in [-0.4, -0.2) is 58.1 Å². The third kappa shape index (κ3) is 5.88. The lowest BCUT2D eigenvalue weighted by Gasteiger charge is -2.33. The van der Waals surface area contributed by atoms with Crippen molar-refractivity contribution < 1.29 is 13.9 Å². The van der Waals surface area contributed by atoms with Gasteiger partial charge in [0, 0.05) is 37.4 Å². The highest BCUT2D eigenvalue weighted by Gasteiger charge is 2.22. The van der Waals surface area contributed by atoms with Gasteiger partial charge in [-0.1, -0.05) is 35.1 Å². The van der Waals surface area contributed by atoms with Crippen molar-refractivity contribution in [3.05, 3.63) is 89.8 Å². The average molecular weight is 563 g/mol. The molecule has 1 fully saturated rings. The number of aromatic nitrogens is 3. The van der Waals surface area contributed by atoms with E-state index < -0.39 is 0 Å². The van der Waals surface area contributed by atoms with Gasteiger partial charge in [-0.15, -0.1) is 5.10 Å². The molecule has 0 unspecified atom stereocenters. The summed E-state index contributed by atoms with van der Waals surface area (Å²) in [6, 6.07) is 20.8. The molecule has 0 aliphatic carbocycles. The van der Waals surface area contributed by atoms with E-state index in [0.717, 1.165) is 47.5 Å². The van der Waals surface area contributed by atoms with Gasteiger partial charge in [-0.2, -0.15) is 0 Å². The molecule has 1 aliphatic heterocycles. The highest BCUT2D eigenvalue weighted by atomic mass is 35.5. The molecule has 0 radical (unpaired) electrons. The van der Waals surface area contributed by atoms with Crippen molar-refractivity contribution in [2.24, 2.45) is 0 Å². The van der Waals surface area contributed by atoms with E-state index in [1.807, 2.05) is 30.5 Å². The average Bonchev–Trinajstić information content (AvgIpc) is 3.52. The summed E-state index contributed by atoms with van der Waals surface area (Å²) in [6.45, 7) is 3.35. The molecule has 3 aromatic carbocycles. The number of hydrogen-bond acceptors (Lipinski definition) is 7. The predicted octanol–water partition coefficient (Wildman–Crippen LogP) is 5.80. The van der Waals surface area contributed by atoms with E-state index in [9.17, 15) is 9.18 Å². The van der Waals surface area contributed by atoms with Crippen LogP contribution in [0.25, 0.3) is 16.2 Å². The molecule has 1 amide bonds. The van der Waals surface area contributed by atoms with Gasteiger partial charge in [-0.25, -0.2) is 13.9 Å². The van der Waals surface area contributed by atoms with E-state index in [2.05, 4.69) is 25.2 Å². The number of amides is 1. The Kier molecular flexibility index (Phi) is 7.14. The first kappa shape index (κ1) is 25.3. The second-order valence-corrected chi connectivity index (χ2v) is 10.5. The molecule has 39 heavy (non-hydrogen) atoms. The lowest BCUT2D eigenvalue weighted by atomic mass is 10.2. The van der Waals surface area contributed by atoms with Crippen LogP contribution in [0, 0.1) is 5.82 Å². The summed E-state index contributed by atoms with van der Waals surface area (Å²) in [7, 11) is 0. The Morgan fingerprint density at radius 3 is 2.46 bits per heavy atom. The quantitative estimate of drug-likeness (QED) is 0.270. The van der Waals surface area contributed by atoms with Crippen molar-refractivity contribution in [3.63, 3.8) is 0 Å². The molecule has 0 spiro atoms. The van der Waals surface area contributed by atoms with Crippen LogP contribution in [0.2, 0.25) is 5.02 Å². The number of hydrogen-bond donors (Lipinski definition) is 1. The summed E-state index contributed by atoms with van der Waals surface area (Å²) in [5, 5.41) is 9.07. The molecular formula is C28H24ClFN6O2S. The molecule has 1 aliphatic rings. The number of ether oxygens (including phenoxy) is 1. The minimum Gasteiger partial charge on any atom is -0.456 e. The molecule has 0 saturated carbocycles. The lowest BCUT2D eigenvalue weighted by Crippen LogP contribution is -2.48. The fourth-order valence-corrected chi connectivity index (χ4v) is 5.45. The predicted molar refractivity (Wildman–Crippen MR) is 152 cm³/mol. The first-order valence-electron chi connectivity index (χ1n) is 12.4. The SMILES string of the molecule is O=C(CN1CCN(c2nn3cc(-c4ccc(F)cc4)nc3s2)CC1)Nc1ccc(Oc2ccccc2Cl)cc1. The summed E-state index contributed by atoms with van der Waals surface area (Å²) < 4.78 is 20.8. The van der Waals surface area contributed by atoms with Crippen LogP contribution in [-0.2, 0) is 4.79 Å². The highest BCUT2D eigenvalue weighted by Crippen LogP contribution is 2.30. The molecule has 0 bridgehead atoms. The Balaban J connectivity index is 0.991. The lowest BCUT2D eigenvalue weighted by molar-refractivity contribution is -0.117. The largest absolute Gasteiger partial charge is 0.456 e. The smallest absolute Gasteiger partial charge is 0.238 e. The van der Waals surface area contributed by atoms with Crippen molar-refractivity contribution in [3.8, 4) is 22.8 Å². The van der Waals surface area contributed by atoms with Crippen molar-refractivity contribution in [1.29, 1.82) is 0 Å². The molecule has 2 aromatic heterocycles. The number of carbonyl (C=O) groups excluding carboxylic acids is 1. The number of rotatable bonds is 7. The van der Waals surface area contributed by atoms with Crippen molar-refractivity contribution >= 4 is 44.6 Å². The maximum Gasteiger partial charge on any atom is 0.238 e. The minimum atomic E-state index is -0.272. The summed E-state index contributed by atoms with van der Waals surface area (Å²) in [4.78, 5) is 22.4. The maximum absolute atomic E-state index is 13.2. The van der Waals surface area contributed by atoms with Crippen molar-refractivity contribution in [2.45, 2.75) is 0 Å². The summed E-state index contributed by atoms with van der Waals surface area (Å²) in [5.41, 5.74) is 2.32. The molecular weight excluding hydrogens is 539 g/mol. The fourth-order valence-electron chi connectivity index (χ4n) is 4.34. The van der Waals surface area contributed by atoms with Crippen molar-refractivity contribution in [1.82, 2.24) is 19.5 Å². The molecule has 1 N–H and O–H groups in total. The van der Waals surface area contributed by atoms with Gasteiger partial charge in [0.25, 0.3) is 0 Å². The second kappa shape index (κ2) is 11.0. The number of nitrogens with one attached hydrogen (secondary N) is 1. The Morgan fingerprint density at radius 2 is 1.74 bits per heavy atom. The van der Waals surface area contributed by atoms with Crippen LogP contribution in [0.1, 0.15) is 0 Å². The number of imidazole rings is 1. The monoisotopic (exact) mass is 562 g/mol. The van der Waals surface area contributed by atoms with Crippen LogP contribution in [0.4, 0.5) is 15.2 Å². The fraction of sp³-hybridized carbons (Fsp3) is 0.179. The van der Waals surface area contributed by atoms with Gasteiger partial charge >= 0.3 is 0 Å². The van der Waals surface area contributed by atoms with E-state index in [1.54, 1.807) is 40.9 Å². The Labute approximate surface area is 233 Å². The second-order valence-electron chi connectivity index (χ2n) is 9.11. The van der Waals surface area contributed by atoms with Gasteiger partial charge in [0.05, 0.1) is 23.5 Å². The van der Waals surface area contributed by atoms with Gasteiger partial charge in [0.2, 0.25) is 16.0 Å². The molecule has 3 heterocycles. The van der Waals surface area contributed by atoms with Gasteiger partial charge < -0.3 is 15.0 Å². The Bertz CT molecular complexity index is 1570. The first-order chi connectivity index (χ1) is 19.0. The maximum atomic E-state index is 13.2. The number of piperazine rings is 1. The minimum absolute atomic E-state index is 0.0655. The third-order valence-electron chi connectivity index (χ3n) is 6.39. The van der Waals surface area contributed by atoms with E-state index in [4.69, 9.17) is 16.3 Å². The van der Waals surface area contributed by atoms with E-state index in [0.29, 0.717) is 28.8 Å². The van der Waals surface area contributed by atoms with Crippen LogP contribution >= 0.6 is 22.9 Å².